The third-order valence-electron chi connectivity index (χ3n) is 5.01. The molecular weight excluding hydrogens is 342 g/mol. The normalized spacial score (nSPS) is 15.7. The van der Waals surface area contributed by atoms with Crippen LogP contribution in [0, 0.1) is 0 Å². The molecule has 26 heavy (non-hydrogen) atoms. The van der Waals surface area contributed by atoms with Crippen LogP contribution in [0.3, 0.4) is 0 Å². The second-order valence-corrected chi connectivity index (χ2v) is 7.68. The number of thioether (sulfide) groups is 1. The lowest BCUT2D eigenvalue weighted by Crippen LogP contribution is -2.47. The monoisotopic (exact) mass is 367 g/mol. The largest absolute Gasteiger partial charge is 0.368 e. The van der Waals surface area contributed by atoms with Crippen LogP contribution in [-0.4, -0.2) is 58.3 Å². The number of nitrogens with one attached hydrogen (secondary N) is 1. The van der Waals surface area contributed by atoms with E-state index in [2.05, 4.69) is 55.9 Å². The summed E-state index contributed by atoms with van der Waals surface area (Å²) in [5.74, 6) is 1.04. The summed E-state index contributed by atoms with van der Waals surface area (Å²) in [7, 11) is 0. The maximum Gasteiger partial charge on any atom is 0.187 e. The molecule has 0 amide bonds. The van der Waals surface area contributed by atoms with Crippen LogP contribution in [-0.2, 0) is 6.42 Å². The van der Waals surface area contributed by atoms with Crippen molar-refractivity contribution in [1.29, 1.82) is 0 Å². The highest BCUT2D eigenvalue weighted by Gasteiger charge is 2.18. The Balaban J connectivity index is 1.26. The lowest BCUT2D eigenvalue weighted by molar-refractivity contribution is 0.273. The number of fused-ring (bicyclic) bond motifs is 1. The summed E-state index contributed by atoms with van der Waals surface area (Å²) in [6, 6.07) is 8.69. The molecule has 4 rings (SSSR count). The predicted molar refractivity (Wildman–Crippen MR) is 109 cm³/mol. The molecule has 0 bridgehead atoms. The lowest BCUT2D eigenvalue weighted by atomic mass is 10.2. The molecule has 5 nitrogen and oxygen atoms in total. The number of nitrogens with zero attached hydrogens (tertiary/aromatic N) is 4. The van der Waals surface area contributed by atoms with Crippen LogP contribution < -0.4 is 4.90 Å². The number of aryl methyl sites for hydroxylation is 1. The van der Waals surface area contributed by atoms with Crippen LogP contribution in [0.4, 0.5) is 5.69 Å². The van der Waals surface area contributed by atoms with E-state index >= 15 is 0 Å². The summed E-state index contributed by atoms with van der Waals surface area (Å²) >= 11 is 1.75. The number of benzene rings is 1. The van der Waals surface area contributed by atoms with Gasteiger partial charge >= 0.3 is 0 Å². The summed E-state index contributed by atoms with van der Waals surface area (Å²) < 4.78 is 0. The Hall–Kier alpha value is -2.05. The highest BCUT2D eigenvalue weighted by atomic mass is 32.2. The topological polar surface area (TPSA) is 48.1 Å². The molecule has 1 aliphatic rings. The zero-order chi connectivity index (χ0) is 17.8. The van der Waals surface area contributed by atoms with Gasteiger partial charge in [-0.25, -0.2) is 9.97 Å². The SMILES string of the molecule is CCc1cnc(SCCN2CCN(c3cccc4[nH]ccc34)CC2)nc1. The van der Waals surface area contributed by atoms with E-state index in [1.165, 1.54) is 22.2 Å². The Bertz CT molecular complexity index is 837. The van der Waals surface area contributed by atoms with Crippen molar-refractivity contribution >= 4 is 28.4 Å². The van der Waals surface area contributed by atoms with Gasteiger partial charge in [-0.3, -0.25) is 4.90 Å². The minimum Gasteiger partial charge on any atom is -0.368 e. The molecule has 3 aromatic rings. The fourth-order valence-electron chi connectivity index (χ4n) is 3.42. The van der Waals surface area contributed by atoms with Gasteiger partial charge in [0.05, 0.1) is 0 Å². The van der Waals surface area contributed by atoms with Gasteiger partial charge < -0.3 is 9.88 Å². The van der Waals surface area contributed by atoms with Crippen LogP contribution >= 0.6 is 11.8 Å². The molecule has 1 N–H and O–H groups in total. The molecule has 1 aromatic carbocycles. The quantitative estimate of drug-likeness (QED) is 0.534. The third-order valence-corrected chi connectivity index (χ3v) is 5.87. The van der Waals surface area contributed by atoms with Gasteiger partial charge in [0.15, 0.2) is 5.16 Å². The average Bonchev–Trinajstić information content (AvgIpc) is 3.18. The van der Waals surface area contributed by atoms with Gasteiger partial charge in [-0.05, 0) is 30.2 Å². The Morgan fingerprint density at radius 3 is 2.65 bits per heavy atom. The van der Waals surface area contributed by atoms with E-state index in [1.54, 1.807) is 11.8 Å². The van der Waals surface area contributed by atoms with Crippen molar-refractivity contribution in [2.45, 2.75) is 18.5 Å². The van der Waals surface area contributed by atoms with Gasteiger partial charge in [0.1, 0.15) is 0 Å². The predicted octanol–water partition coefficient (Wildman–Crippen LogP) is 3.43. The Morgan fingerprint density at radius 2 is 1.88 bits per heavy atom. The van der Waals surface area contributed by atoms with E-state index in [1.807, 2.05) is 18.6 Å². The number of aromatic nitrogens is 3. The zero-order valence-electron chi connectivity index (χ0n) is 15.2. The molecule has 0 unspecified atom stereocenters. The first-order valence-electron chi connectivity index (χ1n) is 9.30. The van der Waals surface area contributed by atoms with Crippen LogP contribution in [0.5, 0.6) is 0 Å². The highest BCUT2D eigenvalue weighted by Crippen LogP contribution is 2.27. The van der Waals surface area contributed by atoms with Crippen molar-refractivity contribution in [3.8, 4) is 0 Å². The highest BCUT2D eigenvalue weighted by molar-refractivity contribution is 7.99. The summed E-state index contributed by atoms with van der Waals surface area (Å²) in [4.78, 5) is 17.2. The van der Waals surface area contributed by atoms with Gasteiger partial charge in [0, 0.05) is 73.7 Å². The summed E-state index contributed by atoms with van der Waals surface area (Å²) in [6.07, 6.45) is 6.90. The van der Waals surface area contributed by atoms with Crippen molar-refractivity contribution in [2.24, 2.45) is 0 Å². The number of hydrogen-bond donors (Lipinski definition) is 1. The molecule has 1 saturated heterocycles. The van der Waals surface area contributed by atoms with Crippen molar-refractivity contribution in [1.82, 2.24) is 19.9 Å². The Morgan fingerprint density at radius 1 is 1.08 bits per heavy atom. The maximum absolute atomic E-state index is 4.43. The van der Waals surface area contributed by atoms with Gasteiger partial charge in [-0.15, -0.1) is 0 Å². The van der Waals surface area contributed by atoms with E-state index in [-0.39, 0.29) is 0 Å². The average molecular weight is 368 g/mol. The number of aromatic amines is 1. The number of anilines is 1. The van der Waals surface area contributed by atoms with Crippen molar-refractivity contribution in [3.63, 3.8) is 0 Å². The molecule has 0 aliphatic carbocycles. The van der Waals surface area contributed by atoms with Gasteiger partial charge in [-0.1, -0.05) is 24.8 Å². The molecule has 0 radical (unpaired) electrons. The summed E-state index contributed by atoms with van der Waals surface area (Å²) in [5.41, 5.74) is 3.76. The van der Waals surface area contributed by atoms with Crippen molar-refractivity contribution < 1.29 is 0 Å². The Kier molecular flexibility index (Phi) is 5.41. The van der Waals surface area contributed by atoms with E-state index < -0.39 is 0 Å². The lowest BCUT2D eigenvalue weighted by Gasteiger charge is -2.36. The molecule has 1 fully saturated rings. The molecule has 0 saturated carbocycles. The second kappa shape index (κ2) is 8.10. The number of H-pyrrole nitrogens is 1. The van der Waals surface area contributed by atoms with Gasteiger partial charge in [0.2, 0.25) is 0 Å². The van der Waals surface area contributed by atoms with E-state index in [4.69, 9.17) is 0 Å². The van der Waals surface area contributed by atoms with E-state index in [0.717, 1.165) is 50.1 Å². The number of piperazine rings is 1. The molecule has 3 heterocycles. The molecule has 2 aromatic heterocycles. The molecule has 0 spiro atoms. The first kappa shape index (κ1) is 17.4. The van der Waals surface area contributed by atoms with Crippen LogP contribution in [0.15, 0.2) is 48.0 Å². The summed E-state index contributed by atoms with van der Waals surface area (Å²) in [6.45, 7) is 7.59. The fraction of sp³-hybridized carbons (Fsp3) is 0.400. The van der Waals surface area contributed by atoms with Crippen LogP contribution in [0.2, 0.25) is 0 Å². The first-order valence-corrected chi connectivity index (χ1v) is 10.3. The van der Waals surface area contributed by atoms with E-state index in [0.29, 0.717) is 0 Å². The molecule has 0 atom stereocenters. The van der Waals surface area contributed by atoms with E-state index in [9.17, 15) is 0 Å². The van der Waals surface area contributed by atoms with Crippen LogP contribution in [0.1, 0.15) is 12.5 Å². The molecular formula is C20H25N5S. The number of rotatable bonds is 6. The minimum absolute atomic E-state index is 0.889. The first-order chi connectivity index (χ1) is 12.8. The Labute approximate surface area is 158 Å². The van der Waals surface area contributed by atoms with Gasteiger partial charge in [0.25, 0.3) is 0 Å². The minimum atomic E-state index is 0.889. The maximum atomic E-state index is 4.43. The third kappa shape index (κ3) is 3.86. The van der Waals surface area contributed by atoms with Crippen LogP contribution in [0.25, 0.3) is 10.9 Å². The molecule has 6 heteroatoms. The van der Waals surface area contributed by atoms with Crippen molar-refractivity contribution in [2.75, 3.05) is 43.4 Å². The fourth-order valence-corrected chi connectivity index (χ4v) is 4.21. The second-order valence-electron chi connectivity index (χ2n) is 6.62. The summed E-state index contributed by atoms with van der Waals surface area (Å²) in [5, 5.41) is 2.21. The standard InChI is InChI=1S/C20H25N5S/c1-2-16-14-22-20(23-15-16)26-13-12-24-8-10-25(11-9-24)19-5-3-4-18-17(19)6-7-21-18/h3-7,14-15,21H,2,8-13H2,1H3. The van der Waals surface area contributed by atoms with Crippen molar-refractivity contribution in [3.05, 3.63) is 48.4 Å². The molecule has 136 valence electrons. The zero-order valence-corrected chi connectivity index (χ0v) is 16.0. The smallest absolute Gasteiger partial charge is 0.187 e. The molecule has 1 aliphatic heterocycles. The van der Waals surface area contributed by atoms with Gasteiger partial charge in [-0.2, -0.15) is 0 Å². The number of hydrogen-bond acceptors (Lipinski definition) is 5.